The third-order valence-corrected chi connectivity index (χ3v) is 4.36. The molecular weight excluding hydrogens is 302 g/mol. The minimum atomic E-state index is -0.972. The largest absolute Gasteiger partial charge is 0.321 e. The molecule has 1 N–H and O–H groups in total. The van der Waals surface area contributed by atoms with Crippen LogP contribution in [0.3, 0.4) is 0 Å². The normalized spacial score (nSPS) is 12.1. The van der Waals surface area contributed by atoms with E-state index in [0.717, 1.165) is 5.56 Å². The number of hydrogen-bond acceptors (Lipinski definition) is 3. The van der Waals surface area contributed by atoms with Gasteiger partial charge in [-0.15, -0.1) is 11.3 Å². The van der Waals surface area contributed by atoms with Crippen molar-refractivity contribution in [3.63, 3.8) is 0 Å². The number of amides is 1. The van der Waals surface area contributed by atoms with E-state index < -0.39 is 10.8 Å². The van der Waals surface area contributed by atoms with Gasteiger partial charge in [0.05, 0.1) is 4.88 Å². The van der Waals surface area contributed by atoms with Gasteiger partial charge in [0.1, 0.15) is 0 Å². The molecule has 1 atom stereocenters. The number of halogens is 1. The fourth-order valence-corrected chi connectivity index (χ4v) is 3.14. The van der Waals surface area contributed by atoms with Crippen LogP contribution in [-0.4, -0.2) is 16.4 Å². The summed E-state index contributed by atoms with van der Waals surface area (Å²) in [6.45, 7) is 0. The highest BCUT2D eigenvalue weighted by molar-refractivity contribution is 7.83. The third-order valence-electron chi connectivity index (χ3n) is 2.41. The molecular formula is C13H12ClNO2S2. The summed E-state index contributed by atoms with van der Waals surface area (Å²) in [5.74, 6) is 0.225. The van der Waals surface area contributed by atoms with Gasteiger partial charge in [-0.05, 0) is 35.2 Å². The second-order valence-corrected chi connectivity index (χ2v) is 6.75. The first-order chi connectivity index (χ1) is 9.06. The zero-order valence-corrected chi connectivity index (χ0v) is 12.6. The zero-order chi connectivity index (χ0) is 13.8. The van der Waals surface area contributed by atoms with Crippen molar-refractivity contribution in [1.29, 1.82) is 0 Å². The number of rotatable bonds is 4. The summed E-state index contributed by atoms with van der Waals surface area (Å²) >= 11 is 7.41. The Morgan fingerprint density at radius 1 is 1.42 bits per heavy atom. The van der Waals surface area contributed by atoms with E-state index in [2.05, 4.69) is 5.32 Å². The second kappa shape index (κ2) is 6.32. The van der Waals surface area contributed by atoms with Gasteiger partial charge in [0.15, 0.2) is 0 Å². The highest BCUT2D eigenvalue weighted by Crippen LogP contribution is 2.22. The quantitative estimate of drug-likeness (QED) is 0.938. The van der Waals surface area contributed by atoms with Crippen LogP contribution in [0.2, 0.25) is 5.02 Å². The molecule has 2 aromatic rings. The van der Waals surface area contributed by atoms with Crippen LogP contribution >= 0.6 is 22.9 Å². The molecule has 1 aromatic carbocycles. The summed E-state index contributed by atoms with van der Waals surface area (Å²) in [6.07, 6.45) is 1.62. The van der Waals surface area contributed by atoms with E-state index in [1.54, 1.807) is 30.5 Å². The molecule has 0 fully saturated rings. The lowest BCUT2D eigenvalue weighted by molar-refractivity contribution is 0.103. The number of carbonyl (C=O) groups excluding carboxylic acids is 1. The van der Waals surface area contributed by atoms with Gasteiger partial charge >= 0.3 is 0 Å². The Balaban J connectivity index is 2.17. The van der Waals surface area contributed by atoms with E-state index in [0.29, 0.717) is 21.3 Å². The Bertz CT molecular complexity index is 611. The summed E-state index contributed by atoms with van der Waals surface area (Å²) in [5.41, 5.74) is 1.43. The standard InChI is InChI=1S/C13H12ClNO2S2/c1-19(17)8-9-7-10(4-5-11(9)14)15-13(16)12-3-2-6-18-12/h2-7H,8H2,1H3,(H,15,16)/t19-/m0/s1. The molecule has 1 amide bonds. The molecule has 0 bridgehead atoms. The molecule has 1 heterocycles. The average Bonchev–Trinajstić information content (AvgIpc) is 2.86. The van der Waals surface area contributed by atoms with Gasteiger partial charge in [-0.3, -0.25) is 9.00 Å². The molecule has 0 aliphatic carbocycles. The van der Waals surface area contributed by atoms with Crippen molar-refractivity contribution in [3.05, 3.63) is 51.2 Å². The predicted molar refractivity (Wildman–Crippen MR) is 81.5 cm³/mol. The Labute approximate surface area is 123 Å². The van der Waals surface area contributed by atoms with Crippen molar-refractivity contribution in [2.45, 2.75) is 5.75 Å². The first-order valence-corrected chi connectivity index (χ1v) is 8.48. The summed E-state index contributed by atoms with van der Waals surface area (Å²) in [4.78, 5) is 12.5. The van der Waals surface area contributed by atoms with Crippen LogP contribution in [0.5, 0.6) is 0 Å². The highest BCUT2D eigenvalue weighted by Gasteiger charge is 2.09. The van der Waals surface area contributed by atoms with Gasteiger partial charge in [0, 0.05) is 33.5 Å². The van der Waals surface area contributed by atoms with E-state index >= 15 is 0 Å². The number of nitrogens with one attached hydrogen (secondary N) is 1. The van der Waals surface area contributed by atoms with Crippen LogP contribution in [0.25, 0.3) is 0 Å². The smallest absolute Gasteiger partial charge is 0.265 e. The lowest BCUT2D eigenvalue weighted by atomic mass is 10.2. The fourth-order valence-electron chi connectivity index (χ4n) is 1.58. The summed E-state index contributed by atoms with van der Waals surface area (Å²) in [5, 5.41) is 5.21. The van der Waals surface area contributed by atoms with E-state index in [1.807, 2.05) is 11.4 Å². The lowest BCUT2D eigenvalue weighted by Crippen LogP contribution is -2.10. The van der Waals surface area contributed by atoms with Gasteiger partial charge in [-0.1, -0.05) is 17.7 Å². The lowest BCUT2D eigenvalue weighted by Gasteiger charge is -2.07. The summed E-state index contributed by atoms with van der Waals surface area (Å²) in [7, 11) is -0.972. The molecule has 0 aliphatic rings. The van der Waals surface area contributed by atoms with Crippen molar-refractivity contribution in [2.24, 2.45) is 0 Å². The molecule has 0 spiro atoms. The Morgan fingerprint density at radius 3 is 2.84 bits per heavy atom. The van der Waals surface area contributed by atoms with E-state index in [1.165, 1.54) is 11.3 Å². The second-order valence-electron chi connectivity index (χ2n) is 3.96. The number of thiophene rings is 1. The monoisotopic (exact) mass is 313 g/mol. The van der Waals surface area contributed by atoms with Crippen molar-refractivity contribution >= 4 is 45.3 Å². The number of benzene rings is 1. The van der Waals surface area contributed by atoms with Gasteiger partial charge < -0.3 is 5.32 Å². The molecule has 0 radical (unpaired) electrons. The molecule has 6 heteroatoms. The number of carbonyl (C=O) groups is 1. The number of anilines is 1. The third kappa shape index (κ3) is 3.89. The van der Waals surface area contributed by atoms with Crippen LogP contribution in [0.15, 0.2) is 35.7 Å². The topological polar surface area (TPSA) is 46.2 Å². The van der Waals surface area contributed by atoms with Crippen molar-refractivity contribution in [3.8, 4) is 0 Å². The van der Waals surface area contributed by atoms with Crippen LogP contribution in [0, 0.1) is 0 Å². The molecule has 100 valence electrons. The maximum atomic E-state index is 11.9. The first-order valence-electron chi connectivity index (χ1n) is 5.49. The molecule has 3 nitrogen and oxygen atoms in total. The van der Waals surface area contributed by atoms with Crippen molar-refractivity contribution in [2.75, 3.05) is 11.6 Å². The first kappa shape index (κ1) is 14.2. The molecule has 0 saturated carbocycles. The van der Waals surface area contributed by atoms with Crippen LogP contribution in [-0.2, 0) is 16.6 Å². The Kier molecular flexibility index (Phi) is 4.74. The van der Waals surface area contributed by atoms with Gasteiger partial charge in [0.25, 0.3) is 5.91 Å². The van der Waals surface area contributed by atoms with E-state index in [-0.39, 0.29) is 5.91 Å². The Hall–Kier alpha value is -1.17. The molecule has 2 rings (SSSR count). The maximum absolute atomic E-state index is 11.9. The molecule has 1 aromatic heterocycles. The SMILES string of the molecule is C[S@](=O)Cc1cc(NC(=O)c2cccs2)ccc1Cl. The molecule has 0 saturated heterocycles. The molecule has 0 unspecified atom stereocenters. The van der Waals surface area contributed by atoms with E-state index in [4.69, 9.17) is 11.6 Å². The molecule has 19 heavy (non-hydrogen) atoms. The average molecular weight is 314 g/mol. The zero-order valence-electron chi connectivity index (χ0n) is 10.2. The van der Waals surface area contributed by atoms with Crippen LogP contribution in [0.1, 0.15) is 15.2 Å². The highest BCUT2D eigenvalue weighted by atomic mass is 35.5. The van der Waals surface area contributed by atoms with Gasteiger partial charge in [-0.25, -0.2) is 0 Å². The fraction of sp³-hybridized carbons (Fsp3) is 0.154. The molecule has 0 aliphatic heterocycles. The number of hydrogen-bond donors (Lipinski definition) is 1. The summed E-state index contributed by atoms with van der Waals surface area (Å²) < 4.78 is 11.3. The minimum Gasteiger partial charge on any atom is -0.321 e. The predicted octanol–water partition coefficient (Wildman–Crippen LogP) is 3.53. The minimum absolute atomic E-state index is 0.152. The van der Waals surface area contributed by atoms with E-state index in [9.17, 15) is 9.00 Å². The Morgan fingerprint density at radius 2 is 2.21 bits per heavy atom. The summed E-state index contributed by atoms with van der Waals surface area (Å²) in [6, 6.07) is 8.78. The van der Waals surface area contributed by atoms with Crippen molar-refractivity contribution < 1.29 is 9.00 Å². The van der Waals surface area contributed by atoms with Crippen molar-refractivity contribution in [1.82, 2.24) is 0 Å². The van der Waals surface area contributed by atoms with Crippen LogP contribution < -0.4 is 5.32 Å². The van der Waals surface area contributed by atoms with Gasteiger partial charge in [-0.2, -0.15) is 0 Å². The maximum Gasteiger partial charge on any atom is 0.265 e. The van der Waals surface area contributed by atoms with Crippen LogP contribution in [0.4, 0.5) is 5.69 Å². The van der Waals surface area contributed by atoms with Gasteiger partial charge in [0.2, 0.25) is 0 Å².